The Hall–Kier alpha value is -1.74. The standard InChI is InChI=1S/C13H13ClN2O/c1-17-12-6-3-7-15-13(12)16-9-10-4-2-5-11(14)8-10/h2-8H,9H2,1H3,(H,15,16). The molecule has 0 aliphatic heterocycles. The molecule has 0 fully saturated rings. The molecule has 2 aromatic rings. The van der Waals surface area contributed by atoms with Gasteiger partial charge in [0, 0.05) is 17.8 Å². The third-order valence-electron chi connectivity index (χ3n) is 2.34. The first-order valence-electron chi connectivity index (χ1n) is 5.27. The predicted octanol–water partition coefficient (Wildman–Crippen LogP) is 3.36. The van der Waals surface area contributed by atoms with E-state index in [1.165, 1.54) is 0 Å². The normalized spacial score (nSPS) is 10.0. The Morgan fingerprint density at radius 1 is 1.29 bits per heavy atom. The molecule has 4 heteroatoms. The molecule has 3 nitrogen and oxygen atoms in total. The van der Waals surface area contributed by atoms with Gasteiger partial charge in [-0.2, -0.15) is 0 Å². The zero-order valence-corrected chi connectivity index (χ0v) is 10.2. The number of hydrogen-bond donors (Lipinski definition) is 1. The highest BCUT2D eigenvalue weighted by Crippen LogP contribution is 2.21. The van der Waals surface area contributed by atoms with Crippen molar-refractivity contribution in [2.24, 2.45) is 0 Å². The van der Waals surface area contributed by atoms with Crippen LogP contribution in [0.4, 0.5) is 5.82 Å². The maximum atomic E-state index is 5.92. The molecule has 0 saturated carbocycles. The van der Waals surface area contributed by atoms with Gasteiger partial charge in [-0.3, -0.25) is 0 Å². The molecule has 1 aromatic heterocycles. The fourth-order valence-corrected chi connectivity index (χ4v) is 1.73. The van der Waals surface area contributed by atoms with Crippen molar-refractivity contribution in [3.63, 3.8) is 0 Å². The lowest BCUT2D eigenvalue weighted by molar-refractivity contribution is 0.415. The number of pyridine rings is 1. The predicted molar refractivity (Wildman–Crippen MR) is 69.6 cm³/mol. The van der Waals surface area contributed by atoms with E-state index < -0.39 is 0 Å². The molecule has 0 spiro atoms. The second-order valence-electron chi connectivity index (χ2n) is 3.54. The highest BCUT2D eigenvalue weighted by molar-refractivity contribution is 6.30. The van der Waals surface area contributed by atoms with E-state index >= 15 is 0 Å². The Balaban J connectivity index is 2.07. The van der Waals surface area contributed by atoms with Gasteiger partial charge in [-0.1, -0.05) is 23.7 Å². The summed E-state index contributed by atoms with van der Waals surface area (Å²) in [6.45, 7) is 0.661. The van der Waals surface area contributed by atoms with Gasteiger partial charge in [-0.25, -0.2) is 4.98 Å². The van der Waals surface area contributed by atoms with Crippen LogP contribution < -0.4 is 10.1 Å². The number of ether oxygens (including phenoxy) is 1. The first kappa shape index (κ1) is 11.7. The van der Waals surface area contributed by atoms with Gasteiger partial charge in [0.15, 0.2) is 11.6 Å². The molecule has 2 rings (SSSR count). The molecule has 1 aromatic carbocycles. The number of benzene rings is 1. The van der Waals surface area contributed by atoms with Gasteiger partial charge in [0.1, 0.15) is 0 Å². The second-order valence-corrected chi connectivity index (χ2v) is 3.97. The topological polar surface area (TPSA) is 34.1 Å². The number of halogens is 1. The lowest BCUT2D eigenvalue weighted by Crippen LogP contribution is -2.02. The maximum absolute atomic E-state index is 5.92. The van der Waals surface area contributed by atoms with Crippen LogP contribution in [0.3, 0.4) is 0 Å². The fraction of sp³-hybridized carbons (Fsp3) is 0.154. The van der Waals surface area contributed by atoms with Crippen molar-refractivity contribution in [2.75, 3.05) is 12.4 Å². The van der Waals surface area contributed by atoms with Crippen LogP contribution in [-0.2, 0) is 6.54 Å². The molecular weight excluding hydrogens is 236 g/mol. The van der Waals surface area contributed by atoms with Crippen LogP contribution >= 0.6 is 11.6 Å². The van der Waals surface area contributed by atoms with Crippen molar-refractivity contribution in [3.05, 3.63) is 53.2 Å². The third kappa shape index (κ3) is 3.11. The van der Waals surface area contributed by atoms with Gasteiger partial charge in [-0.15, -0.1) is 0 Å². The number of methoxy groups -OCH3 is 1. The average molecular weight is 249 g/mol. The summed E-state index contributed by atoms with van der Waals surface area (Å²) >= 11 is 5.92. The summed E-state index contributed by atoms with van der Waals surface area (Å²) in [6.07, 6.45) is 1.73. The summed E-state index contributed by atoms with van der Waals surface area (Å²) in [5.41, 5.74) is 1.10. The molecule has 0 unspecified atom stereocenters. The monoisotopic (exact) mass is 248 g/mol. The Kier molecular flexibility index (Phi) is 3.83. The van der Waals surface area contributed by atoms with E-state index in [4.69, 9.17) is 16.3 Å². The van der Waals surface area contributed by atoms with Crippen LogP contribution in [0.5, 0.6) is 5.75 Å². The first-order valence-corrected chi connectivity index (χ1v) is 5.64. The van der Waals surface area contributed by atoms with E-state index in [1.54, 1.807) is 13.3 Å². The number of hydrogen-bond acceptors (Lipinski definition) is 3. The molecule has 88 valence electrons. The molecule has 1 N–H and O–H groups in total. The Bertz CT molecular complexity index is 502. The highest BCUT2D eigenvalue weighted by Gasteiger charge is 2.02. The van der Waals surface area contributed by atoms with Crippen LogP contribution in [0.1, 0.15) is 5.56 Å². The fourth-order valence-electron chi connectivity index (χ4n) is 1.52. The van der Waals surface area contributed by atoms with E-state index in [9.17, 15) is 0 Å². The van der Waals surface area contributed by atoms with E-state index in [0.717, 1.165) is 22.2 Å². The van der Waals surface area contributed by atoms with Gasteiger partial charge in [-0.05, 0) is 29.8 Å². The first-order chi connectivity index (χ1) is 8.29. The van der Waals surface area contributed by atoms with Crippen molar-refractivity contribution in [2.45, 2.75) is 6.54 Å². The lowest BCUT2D eigenvalue weighted by Gasteiger charge is -2.09. The zero-order valence-electron chi connectivity index (χ0n) is 9.48. The minimum atomic E-state index is 0.661. The molecule has 0 saturated heterocycles. The van der Waals surface area contributed by atoms with E-state index in [-0.39, 0.29) is 0 Å². The smallest absolute Gasteiger partial charge is 0.168 e. The largest absolute Gasteiger partial charge is 0.493 e. The van der Waals surface area contributed by atoms with Crippen molar-refractivity contribution in [1.82, 2.24) is 4.98 Å². The Labute approximate surface area is 105 Å². The SMILES string of the molecule is COc1cccnc1NCc1cccc(Cl)c1. The van der Waals surface area contributed by atoms with Gasteiger partial charge >= 0.3 is 0 Å². The summed E-state index contributed by atoms with van der Waals surface area (Å²) in [4.78, 5) is 4.22. The second kappa shape index (κ2) is 5.55. The van der Waals surface area contributed by atoms with Gasteiger partial charge in [0.25, 0.3) is 0 Å². The number of nitrogens with zero attached hydrogens (tertiary/aromatic N) is 1. The molecule has 0 radical (unpaired) electrons. The number of anilines is 1. The summed E-state index contributed by atoms with van der Waals surface area (Å²) in [5.74, 6) is 1.46. The lowest BCUT2D eigenvalue weighted by atomic mass is 10.2. The van der Waals surface area contributed by atoms with Gasteiger partial charge in [0.05, 0.1) is 7.11 Å². The summed E-state index contributed by atoms with van der Waals surface area (Å²) in [5, 5.41) is 3.95. The van der Waals surface area contributed by atoms with Crippen LogP contribution in [0.25, 0.3) is 0 Å². The van der Waals surface area contributed by atoms with Gasteiger partial charge in [0.2, 0.25) is 0 Å². The van der Waals surface area contributed by atoms with Crippen LogP contribution in [0.15, 0.2) is 42.6 Å². The van der Waals surface area contributed by atoms with Crippen LogP contribution in [0.2, 0.25) is 5.02 Å². The van der Waals surface area contributed by atoms with E-state index in [1.807, 2.05) is 36.4 Å². The molecule has 0 amide bonds. The number of rotatable bonds is 4. The molecule has 0 aliphatic carbocycles. The number of aromatic nitrogens is 1. The molecule has 17 heavy (non-hydrogen) atoms. The summed E-state index contributed by atoms with van der Waals surface area (Å²) in [6, 6.07) is 11.4. The molecule has 0 aliphatic rings. The zero-order chi connectivity index (χ0) is 12.1. The van der Waals surface area contributed by atoms with Crippen molar-refractivity contribution in [3.8, 4) is 5.75 Å². The van der Waals surface area contributed by atoms with Crippen LogP contribution in [-0.4, -0.2) is 12.1 Å². The van der Waals surface area contributed by atoms with Gasteiger partial charge < -0.3 is 10.1 Å². The van der Waals surface area contributed by atoms with Crippen molar-refractivity contribution in [1.29, 1.82) is 0 Å². The summed E-state index contributed by atoms with van der Waals surface area (Å²) in [7, 11) is 1.63. The Morgan fingerprint density at radius 3 is 2.94 bits per heavy atom. The molecule has 1 heterocycles. The van der Waals surface area contributed by atoms with Crippen molar-refractivity contribution >= 4 is 17.4 Å². The minimum Gasteiger partial charge on any atom is -0.493 e. The molecular formula is C13H13ClN2O. The average Bonchev–Trinajstić information content (AvgIpc) is 2.37. The molecule has 0 bridgehead atoms. The Morgan fingerprint density at radius 2 is 2.18 bits per heavy atom. The van der Waals surface area contributed by atoms with E-state index in [2.05, 4.69) is 10.3 Å². The highest BCUT2D eigenvalue weighted by atomic mass is 35.5. The quantitative estimate of drug-likeness (QED) is 0.901. The third-order valence-corrected chi connectivity index (χ3v) is 2.57. The maximum Gasteiger partial charge on any atom is 0.168 e. The number of nitrogens with one attached hydrogen (secondary N) is 1. The minimum absolute atomic E-state index is 0.661. The van der Waals surface area contributed by atoms with E-state index in [0.29, 0.717) is 6.54 Å². The summed E-state index contributed by atoms with van der Waals surface area (Å²) < 4.78 is 5.21. The molecule has 0 atom stereocenters. The van der Waals surface area contributed by atoms with Crippen LogP contribution in [0, 0.1) is 0 Å². The van der Waals surface area contributed by atoms with Crippen molar-refractivity contribution < 1.29 is 4.74 Å².